The quantitative estimate of drug-likeness (QED) is 0.868. The highest BCUT2D eigenvalue weighted by atomic mass is 16.5. The summed E-state index contributed by atoms with van der Waals surface area (Å²) in [6.07, 6.45) is 2.46. The first-order valence-electron chi connectivity index (χ1n) is 5.63. The molecule has 0 unspecified atom stereocenters. The maximum atomic E-state index is 5.76. The van der Waals surface area contributed by atoms with E-state index in [4.69, 9.17) is 15.2 Å². The van der Waals surface area contributed by atoms with Crippen LogP contribution >= 0.6 is 0 Å². The van der Waals surface area contributed by atoms with E-state index in [1.165, 1.54) is 0 Å². The molecule has 0 aromatic carbocycles. The standard InChI is InChI=1S/C13H15N3O2/c1-17-12-6-5-11(14)13(16-12)18-9-7-10-4-2-3-8-15-10/h2-6,8H,7,9,14H2,1H3. The molecule has 0 saturated carbocycles. The van der Waals surface area contributed by atoms with Crippen molar-refractivity contribution >= 4 is 5.69 Å². The first kappa shape index (κ1) is 12.2. The van der Waals surface area contributed by atoms with Crippen LogP contribution in [-0.4, -0.2) is 23.7 Å². The molecule has 18 heavy (non-hydrogen) atoms. The Hall–Kier alpha value is -2.30. The highest BCUT2D eigenvalue weighted by Gasteiger charge is 2.04. The third-order valence-electron chi connectivity index (χ3n) is 2.40. The molecule has 0 atom stereocenters. The molecule has 0 aliphatic rings. The Balaban J connectivity index is 1.94. The number of methoxy groups -OCH3 is 1. The summed E-state index contributed by atoms with van der Waals surface area (Å²) in [5.74, 6) is 0.877. The average molecular weight is 245 g/mol. The summed E-state index contributed by atoms with van der Waals surface area (Å²) in [5, 5.41) is 0. The van der Waals surface area contributed by atoms with Crippen molar-refractivity contribution < 1.29 is 9.47 Å². The number of anilines is 1. The molecule has 0 bridgehead atoms. The molecule has 2 aromatic rings. The van der Waals surface area contributed by atoms with Gasteiger partial charge in [0.2, 0.25) is 11.8 Å². The van der Waals surface area contributed by atoms with Crippen molar-refractivity contribution in [1.82, 2.24) is 9.97 Å². The monoisotopic (exact) mass is 245 g/mol. The molecule has 2 rings (SSSR count). The van der Waals surface area contributed by atoms with E-state index in [1.54, 1.807) is 25.4 Å². The molecule has 2 aromatic heterocycles. The number of ether oxygens (including phenoxy) is 2. The number of aromatic nitrogens is 2. The number of hydrogen-bond donors (Lipinski definition) is 1. The fraction of sp³-hybridized carbons (Fsp3) is 0.231. The van der Waals surface area contributed by atoms with Crippen molar-refractivity contribution in [3.63, 3.8) is 0 Å². The van der Waals surface area contributed by atoms with Crippen LogP contribution in [0.1, 0.15) is 5.69 Å². The van der Waals surface area contributed by atoms with Gasteiger partial charge in [-0.15, -0.1) is 0 Å². The number of nitrogens with zero attached hydrogens (tertiary/aromatic N) is 2. The summed E-state index contributed by atoms with van der Waals surface area (Å²) < 4.78 is 10.5. The zero-order valence-electron chi connectivity index (χ0n) is 10.2. The van der Waals surface area contributed by atoms with Gasteiger partial charge in [-0.2, -0.15) is 4.98 Å². The SMILES string of the molecule is COc1ccc(N)c(OCCc2ccccn2)n1. The Morgan fingerprint density at radius 1 is 1.22 bits per heavy atom. The summed E-state index contributed by atoms with van der Waals surface area (Å²) in [6.45, 7) is 0.474. The lowest BCUT2D eigenvalue weighted by atomic mass is 10.3. The van der Waals surface area contributed by atoms with Crippen LogP contribution in [0, 0.1) is 0 Å². The summed E-state index contributed by atoms with van der Waals surface area (Å²) in [7, 11) is 1.55. The van der Waals surface area contributed by atoms with Gasteiger partial charge in [-0.25, -0.2) is 0 Å². The first-order valence-corrected chi connectivity index (χ1v) is 5.63. The predicted octanol–water partition coefficient (Wildman–Crippen LogP) is 1.69. The topological polar surface area (TPSA) is 70.3 Å². The molecule has 94 valence electrons. The van der Waals surface area contributed by atoms with Crippen molar-refractivity contribution in [2.45, 2.75) is 6.42 Å². The van der Waals surface area contributed by atoms with Crippen LogP contribution in [0.25, 0.3) is 0 Å². The van der Waals surface area contributed by atoms with Crippen LogP contribution in [0.3, 0.4) is 0 Å². The Morgan fingerprint density at radius 2 is 2.11 bits per heavy atom. The molecule has 2 heterocycles. The molecule has 0 spiro atoms. The molecular formula is C13H15N3O2. The zero-order valence-corrected chi connectivity index (χ0v) is 10.2. The molecule has 0 aliphatic carbocycles. The predicted molar refractivity (Wildman–Crippen MR) is 68.6 cm³/mol. The van der Waals surface area contributed by atoms with Crippen LogP contribution in [0.5, 0.6) is 11.8 Å². The largest absolute Gasteiger partial charge is 0.481 e. The van der Waals surface area contributed by atoms with Crippen molar-refractivity contribution in [3.8, 4) is 11.8 Å². The third-order valence-corrected chi connectivity index (χ3v) is 2.40. The van der Waals surface area contributed by atoms with Crippen LogP contribution < -0.4 is 15.2 Å². The second-order valence-corrected chi connectivity index (χ2v) is 3.67. The molecule has 0 saturated heterocycles. The van der Waals surface area contributed by atoms with Gasteiger partial charge < -0.3 is 15.2 Å². The van der Waals surface area contributed by atoms with Crippen molar-refractivity contribution in [2.75, 3.05) is 19.5 Å². The molecule has 0 aliphatic heterocycles. The van der Waals surface area contributed by atoms with Gasteiger partial charge >= 0.3 is 0 Å². The fourth-order valence-electron chi connectivity index (χ4n) is 1.46. The highest BCUT2D eigenvalue weighted by Crippen LogP contribution is 2.21. The van der Waals surface area contributed by atoms with Crippen LogP contribution in [0.15, 0.2) is 36.5 Å². The van der Waals surface area contributed by atoms with Gasteiger partial charge in [0.15, 0.2) is 0 Å². The third kappa shape index (κ3) is 3.10. The minimum Gasteiger partial charge on any atom is -0.481 e. The number of hydrogen-bond acceptors (Lipinski definition) is 5. The first-order chi connectivity index (χ1) is 8.79. The molecule has 0 fully saturated rings. The van der Waals surface area contributed by atoms with Crippen molar-refractivity contribution in [1.29, 1.82) is 0 Å². The Labute approximate surface area is 106 Å². The lowest BCUT2D eigenvalue weighted by Crippen LogP contribution is -2.06. The molecular weight excluding hydrogens is 230 g/mol. The maximum absolute atomic E-state index is 5.76. The van der Waals surface area contributed by atoms with Crippen LogP contribution in [-0.2, 0) is 6.42 Å². The molecule has 2 N–H and O–H groups in total. The van der Waals surface area contributed by atoms with Gasteiger partial charge in [0, 0.05) is 24.4 Å². The van der Waals surface area contributed by atoms with E-state index in [1.807, 2.05) is 18.2 Å². The Kier molecular flexibility index (Phi) is 3.96. The summed E-state index contributed by atoms with van der Waals surface area (Å²) in [5.41, 5.74) is 7.23. The molecule has 5 nitrogen and oxygen atoms in total. The smallest absolute Gasteiger partial charge is 0.240 e. The van der Waals surface area contributed by atoms with Crippen molar-refractivity contribution in [3.05, 3.63) is 42.2 Å². The number of pyridine rings is 2. The van der Waals surface area contributed by atoms with Crippen molar-refractivity contribution in [2.24, 2.45) is 0 Å². The molecule has 0 radical (unpaired) electrons. The normalized spacial score (nSPS) is 10.1. The second-order valence-electron chi connectivity index (χ2n) is 3.67. The minimum atomic E-state index is 0.394. The minimum absolute atomic E-state index is 0.394. The summed E-state index contributed by atoms with van der Waals surface area (Å²) in [6, 6.07) is 9.18. The number of rotatable bonds is 5. The van der Waals surface area contributed by atoms with E-state index >= 15 is 0 Å². The van der Waals surface area contributed by atoms with Gasteiger partial charge in [0.05, 0.1) is 19.4 Å². The second kappa shape index (κ2) is 5.86. The number of nitrogens with two attached hydrogens (primary N) is 1. The van der Waals surface area contributed by atoms with Gasteiger partial charge in [-0.3, -0.25) is 4.98 Å². The molecule has 5 heteroatoms. The fourth-order valence-corrected chi connectivity index (χ4v) is 1.46. The van der Waals surface area contributed by atoms with E-state index in [0.29, 0.717) is 30.5 Å². The maximum Gasteiger partial charge on any atom is 0.240 e. The van der Waals surface area contributed by atoms with E-state index in [-0.39, 0.29) is 0 Å². The molecule has 0 amide bonds. The van der Waals surface area contributed by atoms with Gasteiger partial charge in [-0.1, -0.05) is 6.07 Å². The van der Waals surface area contributed by atoms with Gasteiger partial charge in [0.25, 0.3) is 0 Å². The number of nitrogen functional groups attached to an aromatic ring is 1. The zero-order chi connectivity index (χ0) is 12.8. The lowest BCUT2D eigenvalue weighted by Gasteiger charge is -2.08. The van der Waals surface area contributed by atoms with Crippen LogP contribution in [0.4, 0.5) is 5.69 Å². The van der Waals surface area contributed by atoms with Gasteiger partial charge in [-0.05, 0) is 18.2 Å². The highest BCUT2D eigenvalue weighted by molar-refractivity contribution is 5.49. The van der Waals surface area contributed by atoms with Gasteiger partial charge in [0.1, 0.15) is 0 Å². The van der Waals surface area contributed by atoms with Crippen LogP contribution in [0.2, 0.25) is 0 Å². The van der Waals surface area contributed by atoms with E-state index in [2.05, 4.69) is 9.97 Å². The lowest BCUT2D eigenvalue weighted by molar-refractivity contribution is 0.302. The Morgan fingerprint density at radius 3 is 2.83 bits per heavy atom. The summed E-state index contributed by atoms with van der Waals surface area (Å²) in [4.78, 5) is 8.34. The summed E-state index contributed by atoms with van der Waals surface area (Å²) >= 11 is 0. The van der Waals surface area contributed by atoms with E-state index in [0.717, 1.165) is 5.69 Å². The van der Waals surface area contributed by atoms with E-state index < -0.39 is 0 Å². The Bertz CT molecular complexity index is 503. The average Bonchev–Trinajstić information content (AvgIpc) is 2.42. The van der Waals surface area contributed by atoms with E-state index in [9.17, 15) is 0 Å².